The van der Waals surface area contributed by atoms with Crippen molar-refractivity contribution in [2.24, 2.45) is 5.92 Å². The van der Waals surface area contributed by atoms with E-state index in [1.165, 1.54) is 0 Å². The molecule has 1 aromatic heterocycles. The summed E-state index contributed by atoms with van der Waals surface area (Å²) in [6, 6.07) is 3.94. The third-order valence-corrected chi connectivity index (χ3v) is 3.68. The smallest absolute Gasteiger partial charge is 0.238 e. The molecule has 0 radical (unpaired) electrons. The van der Waals surface area contributed by atoms with Crippen LogP contribution in [0.15, 0.2) is 18.3 Å². The van der Waals surface area contributed by atoms with Crippen molar-refractivity contribution in [3.63, 3.8) is 0 Å². The van der Waals surface area contributed by atoms with Crippen molar-refractivity contribution in [1.29, 1.82) is 0 Å². The van der Waals surface area contributed by atoms with E-state index < -0.39 is 0 Å². The fourth-order valence-electron chi connectivity index (χ4n) is 2.66. The average Bonchev–Trinajstić information content (AvgIpc) is 2.93. The molecule has 1 fully saturated rings. The molecule has 1 aromatic rings. The number of nitrogens with one attached hydrogen (secondary N) is 3. The van der Waals surface area contributed by atoms with E-state index in [9.17, 15) is 4.79 Å². The van der Waals surface area contributed by atoms with Crippen LogP contribution in [0.5, 0.6) is 5.88 Å². The van der Waals surface area contributed by atoms with Crippen molar-refractivity contribution in [2.75, 3.05) is 0 Å². The van der Waals surface area contributed by atoms with E-state index in [-0.39, 0.29) is 18.1 Å². The number of nitrogens with zero attached hydrogens (tertiary/aromatic N) is 1. The van der Waals surface area contributed by atoms with Gasteiger partial charge in [-0.05, 0) is 38.2 Å². The van der Waals surface area contributed by atoms with Crippen molar-refractivity contribution in [3.8, 4) is 5.88 Å². The second-order valence-electron chi connectivity index (χ2n) is 6.79. The number of rotatable bonds is 7. The molecule has 6 heteroatoms. The van der Waals surface area contributed by atoms with Gasteiger partial charge < -0.3 is 10.1 Å². The van der Waals surface area contributed by atoms with Crippen LogP contribution in [0.1, 0.15) is 46.1 Å². The first-order chi connectivity index (χ1) is 10.9. The van der Waals surface area contributed by atoms with Crippen molar-refractivity contribution in [1.82, 2.24) is 21.2 Å². The minimum Gasteiger partial charge on any atom is -0.475 e. The molecule has 0 saturated carbocycles. The standard InChI is InChI=1S/C17H28N4O2/c1-11(2)7-14-8-15(21-20-14)17(22)19-10-13-5-6-16(18-9-13)23-12(3)4/h5-6,9,11-12,14-15,20-21H,7-8,10H2,1-4H3,(H,19,22). The summed E-state index contributed by atoms with van der Waals surface area (Å²) >= 11 is 0. The van der Waals surface area contributed by atoms with E-state index in [2.05, 4.69) is 35.0 Å². The van der Waals surface area contributed by atoms with E-state index >= 15 is 0 Å². The lowest BCUT2D eigenvalue weighted by molar-refractivity contribution is -0.123. The Kier molecular flexibility index (Phi) is 6.36. The lowest BCUT2D eigenvalue weighted by Gasteiger charge is -2.12. The molecule has 2 rings (SSSR count). The molecule has 6 nitrogen and oxygen atoms in total. The van der Waals surface area contributed by atoms with E-state index in [1.54, 1.807) is 6.20 Å². The molecule has 1 amide bonds. The maximum absolute atomic E-state index is 12.2. The summed E-state index contributed by atoms with van der Waals surface area (Å²) in [6.07, 6.45) is 3.73. The summed E-state index contributed by atoms with van der Waals surface area (Å²) in [5.41, 5.74) is 7.24. The fraction of sp³-hybridized carbons (Fsp3) is 0.647. The first kappa shape index (κ1) is 17.7. The van der Waals surface area contributed by atoms with Crippen LogP contribution in [-0.2, 0) is 11.3 Å². The Labute approximate surface area is 138 Å². The van der Waals surface area contributed by atoms with Gasteiger partial charge >= 0.3 is 0 Å². The number of amides is 1. The highest BCUT2D eigenvalue weighted by atomic mass is 16.5. The second kappa shape index (κ2) is 8.26. The van der Waals surface area contributed by atoms with Gasteiger partial charge in [-0.25, -0.2) is 10.4 Å². The minimum absolute atomic E-state index is 0.0197. The SMILES string of the molecule is CC(C)CC1CC(C(=O)NCc2ccc(OC(C)C)nc2)NN1. The highest BCUT2D eigenvalue weighted by Crippen LogP contribution is 2.14. The fourth-order valence-corrected chi connectivity index (χ4v) is 2.66. The van der Waals surface area contributed by atoms with Gasteiger partial charge in [0.05, 0.1) is 6.10 Å². The van der Waals surface area contributed by atoms with Crippen LogP contribution in [0.3, 0.4) is 0 Å². The number of pyridine rings is 1. The molecule has 1 aliphatic heterocycles. The summed E-state index contributed by atoms with van der Waals surface area (Å²) in [7, 11) is 0. The molecule has 0 bridgehead atoms. The summed E-state index contributed by atoms with van der Waals surface area (Å²) in [6.45, 7) is 8.78. The van der Waals surface area contributed by atoms with Crippen LogP contribution in [-0.4, -0.2) is 29.1 Å². The van der Waals surface area contributed by atoms with Gasteiger partial charge in [-0.1, -0.05) is 19.9 Å². The quantitative estimate of drug-likeness (QED) is 0.714. The molecule has 2 unspecified atom stereocenters. The molecule has 0 aliphatic carbocycles. The Hall–Kier alpha value is -1.66. The Balaban J connectivity index is 1.76. The maximum Gasteiger partial charge on any atom is 0.238 e. The number of ether oxygens (including phenoxy) is 1. The number of hydrazine groups is 1. The third-order valence-electron chi connectivity index (χ3n) is 3.68. The predicted octanol–water partition coefficient (Wildman–Crippen LogP) is 1.77. The van der Waals surface area contributed by atoms with Crippen LogP contribution in [0.2, 0.25) is 0 Å². The van der Waals surface area contributed by atoms with Crippen LogP contribution < -0.4 is 20.9 Å². The van der Waals surface area contributed by atoms with E-state index in [1.807, 2.05) is 26.0 Å². The largest absolute Gasteiger partial charge is 0.475 e. The summed E-state index contributed by atoms with van der Waals surface area (Å²) < 4.78 is 5.50. The zero-order valence-corrected chi connectivity index (χ0v) is 14.4. The van der Waals surface area contributed by atoms with Gasteiger partial charge in [-0.15, -0.1) is 0 Å². The summed E-state index contributed by atoms with van der Waals surface area (Å²) in [4.78, 5) is 16.4. The zero-order chi connectivity index (χ0) is 16.8. The van der Waals surface area contributed by atoms with Gasteiger partial charge in [0.25, 0.3) is 0 Å². The lowest BCUT2D eigenvalue weighted by atomic mass is 10.00. The van der Waals surface area contributed by atoms with Gasteiger partial charge in [0, 0.05) is 24.8 Å². The summed E-state index contributed by atoms with van der Waals surface area (Å²) in [5, 5.41) is 2.95. The molecular weight excluding hydrogens is 292 g/mol. The molecule has 2 heterocycles. The molecule has 1 aliphatic rings. The van der Waals surface area contributed by atoms with Crippen LogP contribution in [0, 0.1) is 5.92 Å². The topological polar surface area (TPSA) is 75.3 Å². The van der Waals surface area contributed by atoms with Crippen LogP contribution in [0.4, 0.5) is 0 Å². The molecule has 0 spiro atoms. The molecule has 2 atom stereocenters. The Morgan fingerprint density at radius 3 is 2.74 bits per heavy atom. The van der Waals surface area contributed by atoms with Crippen LogP contribution >= 0.6 is 0 Å². The first-order valence-electron chi connectivity index (χ1n) is 8.34. The van der Waals surface area contributed by atoms with E-state index in [0.29, 0.717) is 24.4 Å². The van der Waals surface area contributed by atoms with Crippen molar-refractivity contribution >= 4 is 5.91 Å². The second-order valence-corrected chi connectivity index (χ2v) is 6.79. The highest BCUT2D eigenvalue weighted by Gasteiger charge is 2.29. The van der Waals surface area contributed by atoms with Crippen molar-refractivity contribution in [3.05, 3.63) is 23.9 Å². The number of hydrogen-bond acceptors (Lipinski definition) is 5. The van der Waals surface area contributed by atoms with Gasteiger partial charge in [0.2, 0.25) is 11.8 Å². The van der Waals surface area contributed by atoms with Gasteiger partial charge in [0.1, 0.15) is 6.04 Å². The van der Waals surface area contributed by atoms with E-state index in [4.69, 9.17) is 4.74 Å². The van der Waals surface area contributed by atoms with Gasteiger partial charge in [0.15, 0.2) is 0 Å². The molecule has 1 saturated heterocycles. The number of aromatic nitrogens is 1. The maximum atomic E-state index is 12.2. The zero-order valence-electron chi connectivity index (χ0n) is 14.4. The highest BCUT2D eigenvalue weighted by molar-refractivity contribution is 5.82. The normalized spacial score (nSPS) is 21.0. The average molecular weight is 320 g/mol. The Morgan fingerprint density at radius 2 is 2.13 bits per heavy atom. The summed E-state index contributed by atoms with van der Waals surface area (Å²) in [5.74, 6) is 1.24. The molecule has 23 heavy (non-hydrogen) atoms. The third kappa shape index (κ3) is 5.80. The molecule has 0 aromatic carbocycles. The lowest BCUT2D eigenvalue weighted by Crippen LogP contribution is -2.43. The van der Waals surface area contributed by atoms with Crippen LogP contribution in [0.25, 0.3) is 0 Å². The predicted molar refractivity (Wildman–Crippen MR) is 89.8 cm³/mol. The Bertz CT molecular complexity index is 502. The van der Waals surface area contributed by atoms with Crippen molar-refractivity contribution in [2.45, 2.75) is 65.3 Å². The number of carbonyl (C=O) groups excluding carboxylic acids is 1. The number of carbonyl (C=O) groups is 1. The Morgan fingerprint density at radius 1 is 1.35 bits per heavy atom. The van der Waals surface area contributed by atoms with Gasteiger partial charge in [-0.2, -0.15) is 0 Å². The minimum atomic E-state index is -0.171. The number of hydrogen-bond donors (Lipinski definition) is 3. The molecular formula is C17H28N4O2. The monoisotopic (exact) mass is 320 g/mol. The van der Waals surface area contributed by atoms with Crippen molar-refractivity contribution < 1.29 is 9.53 Å². The molecule has 3 N–H and O–H groups in total. The molecule has 128 valence electrons. The van der Waals surface area contributed by atoms with Gasteiger partial charge in [-0.3, -0.25) is 10.2 Å². The van der Waals surface area contributed by atoms with E-state index in [0.717, 1.165) is 18.4 Å². The first-order valence-corrected chi connectivity index (χ1v) is 8.34.